The minimum Gasteiger partial charge on any atom is -0.465 e. The normalized spacial score (nSPS) is 9.89. The number of hydrogen-bond donors (Lipinski definition) is 1. The number of rotatable bonds is 4. The van der Waals surface area contributed by atoms with Crippen LogP contribution >= 0.6 is 0 Å². The van der Waals surface area contributed by atoms with E-state index in [0.717, 1.165) is 5.56 Å². The van der Waals surface area contributed by atoms with Crippen LogP contribution < -0.4 is 5.32 Å². The number of aromatic nitrogens is 1. The van der Waals surface area contributed by atoms with Gasteiger partial charge in [-0.2, -0.15) is 5.26 Å². The van der Waals surface area contributed by atoms with Crippen molar-refractivity contribution in [3.8, 4) is 17.3 Å². The quantitative estimate of drug-likeness (QED) is 0.846. The number of carbonyl (C=O) groups is 1. The first-order valence-electron chi connectivity index (χ1n) is 5.94. The molecule has 0 bridgehead atoms. The lowest BCUT2D eigenvalue weighted by Crippen LogP contribution is -2.17. The van der Waals surface area contributed by atoms with Crippen LogP contribution in [0.3, 0.4) is 0 Å². The van der Waals surface area contributed by atoms with Gasteiger partial charge in [0.2, 0.25) is 0 Å². The van der Waals surface area contributed by atoms with Crippen molar-refractivity contribution in [2.24, 2.45) is 0 Å². The SMILES string of the molecule is CCOC(=O)CNc1nc2cccccc-2c1C#N. The molecule has 0 aromatic carbocycles. The fraction of sp³-hybridized carbons (Fsp3) is 0.214. The van der Waals surface area contributed by atoms with Crippen LogP contribution in [0.2, 0.25) is 0 Å². The number of nitriles is 1. The largest absolute Gasteiger partial charge is 0.465 e. The van der Waals surface area contributed by atoms with Crippen LogP contribution in [0, 0.1) is 11.3 Å². The van der Waals surface area contributed by atoms with Gasteiger partial charge in [-0.25, -0.2) is 4.98 Å². The third-order valence-electron chi connectivity index (χ3n) is 2.57. The lowest BCUT2D eigenvalue weighted by Gasteiger charge is -2.03. The molecule has 1 aliphatic heterocycles. The minimum absolute atomic E-state index is 0.00202. The third kappa shape index (κ3) is 2.80. The van der Waals surface area contributed by atoms with Gasteiger partial charge < -0.3 is 10.1 Å². The second-order valence-electron chi connectivity index (χ2n) is 3.82. The molecule has 96 valence electrons. The van der Waals surface area contributed by atoms with Crippen LogP contribution in [0.25, 0.3) is 11.3 Å². The van der Waals surface area contributed by atoms with Crippen LogP contribution in [-0.2, 0) is 9.53 Å². The molecule has 0 atom stereocenters. The van der Waals surface area contributed by atoms with Crippen molar-refractivity contribution in [2.75, 3.05) is 18.5 Å². The van der Waals surface area contributed by atoms with Gasteiger partial charge in [0.1, 0.15) is 24.0 Å². The van der Waals surface area contributed by atoms with Gasteiger partial charge in [0.05, 0.1) is 12.3 Å². The first-order valence-corrected chi connectivity index (χ1v) is 5.94. The predicted molar refractivity (Wildman–Crippen MR) is 70.7 cm³/mol. The fourth-order valence-corrected chi connectivity index (χ4v) is 1.76. The van der Waals surface area contributed by atoms with E-state index in [-0.39, 0.29) is 12.5 Å². The highest BCUT2D eigenvalue weighted by Gasteiger charge is 2.17. The molecule has 19 heavy (non-hydrogen) atoms. The zero-order valence-electron chi connectivity index (χ0n) is 10.5. The van der Waals surface area contributed by atoms with Gasteiger partial charge in [-0.3, -0.25) is 4.79 Å². The summed E-state index contributed by atoms with van der Waals surface area (Å²) in [4.78, 5) is 15.6. The Morgan fingerprint density at radius 3 is 2.95 bits per heavy atom. The summed E-state index contributed by atoms with van der Waals surface area (Å²) < 4.78 is 4.81. The molecule has 5 heteroatoms. The fourth-order valence-electron chi connectivity index (χ4n) is 1.76. The minimum atomic E-state index is -0.371. The first kappa shape index (κ1) is 12.8. The molecule has 0 spiro atoms. The molecular formula is C14H13N3O2. The van der Waals surface area contributed by atoms with E-state index in [1.165, 1.54) is 0 Å². The van der Waals surface area contributed by atoms with Crippen LogP contribution in [0.1, 0.15) is 12.5 Å². The zero-order chi connectivity index (χ0) is 13.7. The summed E-state index contributed by atoms with van der Waals surface area (Å²) in [5.41, 5.74) is 1.92. The van der Waals surface area contributed by atoms with Gasteiger partial charge in [-0.15, -0.1) is 0 Å². The van der Waals surface area contributed by atoms with E-state index < -0.39 is 0 Å². The number of ether oxygens (including phenoxy) is 1. The van der Waals surface area contributed by atoms with E-state index in [0.29, 0.717) is 23.7 Å². The van der Waals surface area contributed by atoms with Crippen LogP contribution in [0.15, 0.2) is 30.3 Å². The molecule has 0 amide bonds. The number of carbonyl (C=O) groups excluding carboxylic acids is 1. The highest BCUT2D eigenvalue weighted by molar-refractivity contribution is 5.81. The van der Waals surface area contributed by atoms with Gasteiger partial charge in [-0.05, 0) is 13.0 Å². The summed E-state index contributed by atoms with van der Waals surface area (Å²) in [6, 6.07) is 11.3. The molecule has 0 aromatic rings. The molecule has 2 rings (SSSR count). The van der Waals surface area contributed by atoms with E-state index in [4.69, 9.17) is 4.74 Å². The van der Waals surface area contributed by atoms with Crippen molar-refractivity contribution < 1.29 is 9.53 Å². The van der Waals surface area contributed by atoms with Gasteiger partial charge in [0.25, 0.3) is 0 Å². The van der Waals surface area contributed by atoms with E-state index in [1.807, 2.05) is 30.3 Å². The smallest absolute Gasteiger partial charge is 0.325 e. The van der Waals surface area contributed by atoms with Crippen molar-refractivity contribution in [1.29, 1.82) is 5.26 Å². The monoisotopic (exact) mass is 255 g/mol. The number of nitrogens with one attached hydrogen (secondary N) is 1. The summed E-state index contributed by atoms with van der Waals surface area (Å²) in [5.74, 6) is 0.0424. The number of nitrogens with zero attached hydrogens (tertiary/aromatic N) is 2. The summed E-state index contributed by atoms with van der Waals surface area (Å²) >= 11 is 0. The molecule has 0 unspecified atom stereocenters. The van der Waals surface area contributed by atoms with Crippen molar-refractivity contribution in [3.05, 3.63) is 35.9 Å². The highest BCUT2D eigenvalue weighted by atomic mass is 16.5. The molecule has 0 radical (unpaired) electrons. The number of esters is 1. The average Bonchev–Trinajstić information content (AvgIpc) is 2.57. The van der Waals surface area contributed by atoms with Crippen LogP contribution in [0.4, 0.5) is 5.82 Å². The number of anilines is 1. The lowest BCUT2D eigenvalue weighted by molar-refractivity contribution is -0.140. The Bertz CT molecular complexity index is 604. The summed E-state index contributed by atoms with van der Waals surface area (Å²) in [6.45, 7) is 2.07. The Morgan fingerprint density at radius 1 is 1.42 bits per heavy atom. The van der Waals surface area contributed by atoms with Crippen molar-refractivity contribution in [2.45, 2.75) is 6.92 Å². The molecule has 1 N–H and O–H groups in total. The van der Waals surface area contributed by atoms with E-state index in [9.17, 15) is 10.1 Å². The zero-order valence-corrected chi connectivity index (χ0v) is 10.5. The highest BCUT2D eigenvalue weighted by Crippen LogP contribution is 2.30. The second kappa shape index (κ2) is 5.83. The predicted octanol–water partition coefficient (Wildman–Crippen LogP) is 2.03. The molecule has 1 heterocycles. The second-order valence-corrected chi connectivity index (χ2v) is 3.82. The molecule has 2 aliphatic rings. The molecule has 0 saturated heterocycles. The van der Waals surface area contributed by atoms with E-state index >= 15 is 0 Å². The third-order valence-corrected chi connectivity index (χ3v) is 2.57. The Balaban J connectivity index is 2.26. The van der Waals surface area contributed by atoms with Crippen LogP contribution in [-0.4, -0.2) is 24.1 Å². The summed E-state index contributed by atoms with van der Waals surface area (Å²) in [5, 5.41) is 12.0. The molecule has 0 saturated carbocycles. The summed E-state index contributed by atoms with van der Waals surface area (Å²) in [7, 11) is 0. The van der Waals surface area contributed by atoms with E-state index in [1.54, 1.807) is 6.92 Å². The van der Waals surface area contributed by atoms with Gasteiger partial charge in [0, 0.05) is 5.56 Å². The van der Waals surface area contributed by atoms with Crippen molar-refractivity contribution in [3.63, 3.8) is 0 Å². The Kier molecular flexibility index (Phi) is 3.94. The Morgan fingerprint density at radius 2 is 2.21 bits per heavy atom. The van der Waals surface area contributed by atoms with Gasteiger partial charge in [0.15, 0.2) is 0 Å². The van der Waals surface area contributed by atoms with Crippen LogP contribution in [0.5, 0.6) is 0 Å². The maximum Gasteiger partial charge on any atom is 0.325 e. The van der Waals surface area contributed by atoms with E-state index in [2.05, 4.69) is 16.4 Å². The number of fused-ring (bicyclic) bond motifs is 1. The Labute approximate surface area is 111 Å². The maximum atomic E-state index is 11.3. The van der Waals surface area contributed by atoms with Gasteiger partial charge >= 0.3 is 5.97 Å². The molecular weight excluding hydrogens is 242 g/mol. The molecule has 0 aromatic heterocycles. The topological polar surface area (TPSA) is 75.0 Å². The standard InChI is InChI=1S/C14H13N3O2/c1-2-19-13(18)9-16-14-11(8-15)10-6-4-3-5-7-12(10)17-14/h3-7H,2,9H2,1H3,(H,16,17). The molecule has 5 nitrogen and oxygen atoms in total. The number of hydrogen-bond acceptors (Lipinski definition) is 5. The maximum absolute atomic E-state index is 11.3. The van der Waals surface area contributed by atoms with Crippen molar-refractivity contribution in [1.82, 2.24) is 4.98 Å². The first-order chi connectivity index (χ1) is 9.26. The molecule has 1 aliphatic carbocycles. The van der Waals surface area contributed by atoms with Crippen molar-refractivity contribution >= 4 is 11.8 Å². The summed E-state index contributed by atoms with van der Waals surface area (Å²) in [6.07, 6.45) is 0. The Hall–Kier alpha value is -2.61. The average molecular weight is 255 g/mol. The van der Waals surface area contributed by atoms with Gasteiger partial charge in [-0.1, -0.05) is 24.3 Å². The lowest BCUT2D eigenvalue weighted by atomic mass is 10.1. The molecule has 0 fully saturated rings.